The second-order valence-corrected chi connectivity index (χ2v) is 6.13. The molecule has 0 heterocycles. The number of benzene rings is 2. The molecule has 2 N–H and O–H groups in total. The van der Waals surface area contributed by atoms with E-state index >= 15 is 0 Å². The lowest BCUT2D eigenvalue weighted by Crippen LogP contribution is -2.24. The Morgan fingerprint density at radius 2 is 1.65 bits per heavy atom. The van der Waals surface area contributed by atoms with Crippen molar-refractivity contribution in [1.29, 1.82) is 0 Å². The second-order valence-electron chi connectivity index (χ2n) is 6.13. The van der Waals surface area contributed by atoms with Gasteiger partial charge in [0, 0.05) is 24.9 Å². The molecule has 138 valence electrons. The summed E-state index contributed by atoms with van der Waals surface area (Å²) in [6, 6.07) is 14.1. The number of nitrogens with one attached hydrogen (secondary N) is 1. The number of Topliss-reactive ketones (excluding diaryl/α,β-unsaturated/α-hetero) is 1. The van der Waals surface area contributed by atoms with Crippen LogP contribution in [0.3, 0.4) is 0 Å². The Labute approximate surface area is 154 Å². The minimum atomic E-state index is -0.0294. The summed E-state index contributed by atoms with van der Waals surface area (Å²) in [5, 5.41) is 12.1. The van der Waals surface area contributed by atoms with Gasteiger partial charge in [-0.25, -0.2) is 0 Å². The molecule has 5 heteroatoms. The summed E-state index contributed by atoms with van der Waals surface area (Å²) in [5.41, 5.74) is 1.77. The molecule has 2 aromatic carbocycles. The summed E-state index contributed by atoms with van der Waals surface area (Å²) < 4.78 is 5.07. The first kappa shape index (κ1) is 19.5. The van der Waals surface area contributed by atoms with Gasteiger partial charge < -0.3 is 15.2 Å². The Morgan fingerprint density at radius 3 is 2.31 bits per heavy atom. The standard InChI is InChI=1S/C21H25NO4/c1-26-19-13-9-17(10-14-19)20(24)5-2-6-21(25)22-15-3-4-16-7-11-18(23)12-8-16/h7-14,23H,2-6,15H2,1H3,(H,22,25). The molecule has 0 aromatic heterocycles. The van der Waals surface area contributed by atoms with Gasteiger partial charge in [0.25, 0.3) is 0 Å². The molecule has 0 unspecified atom stereocenters. The highest BCUT2D eigenvalue weighted by atomic mass is 16.5. The van der Waals surface area contributed by atoms with Gasteiger partial charge in [0.2, 0.25) is 5.91 Å². The zero-order valence-corrected chi connectivity index (χ0v) is 15.0. The molecule has 0 fully saturated rings. The smallest absolute Gasteiger partial charge is 0.220 e. The number of carbonyl (C=O) groups is 2. The number of ketones is 1. The first-order chi connectivity index (χ1) is 12.6. The maximum Gasteiger partial charge on any atom is 0.220 e. The zero-order valence-electron chi connectivity index (χ0n) is 15.0. The van der Waals surface area contributed by atoms with Crippen molar-refractivity contribution < 1.29 is 19.4 Å². The van der Waals surface area contributed by atoms with Crippen molar-refractivity contribution >= 4 is 11.7 Å². The molecule has 0 aliphatic rings. The van der Waals surface area contributed by atoms with E-state index in [1.807, 2.05) is 12.1 Å². The third-order valence-corrected chi connectivity index (χ3v) is 4.12. The van der Waals surface area contributed by atoms with Crippen LogP contribution in [0.15, 0.2) is 48.5 Å². The molecule has 0 spiro atoms. The largest absolute Gasteiger partial charge is 0.508 e. The van der Waals surface area contributed by atoms with Gasteiger partial charge in [-0.1, -0.05) is 12.1 Å². The molecule has 0 aliphatic carbocycles. The molecule has 0 bridgehead atoms. The van der Waals surface area contributed by atoms with E-state index in [0.29, 0.717) is 37.1 Å². The SMILES string of the molecule is COc1ccc(C(=O)CCCC(=O)NCCCc2ccc(O)cc2)cc1. The third-order valence-electron chi connectivity index (χ3n) is 4.12. The number of aromatic hydroxyl groups is 1. The normalized spacial score (nSPS) is 10.3. The summed E-state index contributed by atoms with van der Waals surface area (Å²) in [6.45, 7) is 0.603. The fraction of sp³-hybridized carbons (Fsp3) is 0.333. The highest BCUT2D eigenvalue weighted by Crippen LogP contribution is 2.14. The van der Waals surface area contributed by atoms with Gasteiger partial charge >= 0.3 is 0 Å². The van der Waals surface area contributed by atoms with E-state index < -0.39 is 0 Å². The molecule has 0 saturated heterocycles. The van der Waals surface area contributed by atoms with Crippen LogP contribution in [0.4, 0.5) is 0 Å². The Hall–Kier alpha value is -2.82. The molecule has 2 rings (SSSR count). The predicted octanol–water partition coefficient (Wildman–Crippen LogP) is 3.50. The van der Waals surface area contributed by atoms with Crippen LogP contribution in [0.2, 0.25) is 0 Å². The van der Waals surface area contributed by atoms with Gasteiger partial charge in [0.15, 0.2) is 5.78 Å². The number of phenolic OH excluding ortho intramolecular Hbond substituents is 1. The first-order valence-electron chi connectivity index (χ1n) is 8.80. The lowest BCUT2D eigenvalue weighted by molar-refractivity contribution is -0.121. The molecule has 2 aromatic rings. The molecule has 0 radical (unpaired) electrons. The minimum Gasteiger partial charge on any atom is -0.508 e. The van der Waals surface area contributed by atoms with Crippen LogP contribution in [0.25, 0.3) is 0 Å². The molecule has 0 aliphatic heterocycles. The number of aryl methyl sites for hydroxylation is 1. The van der Waals surface area contributed by atoms with Crippen LogP contribution in [-0.2, 0) is 11.2 Å². The van der Waals surface area contributed by atoms with Crippen LogP contribution in [0.5, 0.6) is 11.5 Å². The monoisotopic (exact) mass is 355 g/mol. The Balaban J connectivity index is 1.59. The Morgan fingerprint density at radius 1 is 0.962 bits per heavy atom. The van der Waals surface area contributed by atoms with Gasteiger partial charge in [0.1, 0.15) is 11.5 Å². The number of phenols is 1. The van der Waals surface area contributed by atoms with Crippen molar-refractivity contribution in [3.63, 3.8) is 0 Å². The quantitative estimate of drug-likeness (QED) is 0.505. The molecule has 1 amide bonds. The van der Waals surface area contributed by atoms with E-state index in [2.05, 4.69) is 5.32 Å². The number of hydrogen-bond donors (Lipinski definition) is 2. The fourth-order valence-corrected chi connectivity index (χ4v) is 2.60. The second kappa shape index (κ2) is 10.2. The van der Waals surface area contributed by atoms with E-state index in [1.54, 1.807) is 43.5 Å². The third kappa shape index (κ3) is 6.59. The Kier molecular flexibility index (Phi) is 7.68. The molecular weight excluding hydrogens is 330 g/mol. The molecular formula is C21H25NO4. The number of rotatable bonds is 10. The van der Waals surface area contributed by atoms with Crippen LogP contribution < -0.4 is 10.1 Å². The maximum absolute atomic E-state index is 12.1. The van der Waals surface area contributed by atoms with E-state index in [-0.39, 0.29) is 17.4 Å². The summed E-state index contributed by atoms with van der Waals surface area (Å²) >= 11 is 0. The fourth-order valence-electron chi connectivity index (χ4n) is 2.60. The first-order valence-corrected chi connectivity index (χ1v) is 8.80. The van der Waals surface area contributed by atoms with Crippen LogP contribution >= 0.6 is 0 Å². The zero-order chi connectivity index (χ0) is 18.8. The number of amides is 1. The number of methoxy groups -OCH3 is 1. The van der Waals surface area contributed by atoms with E-state index in [0.717, 1.165) is 18.4 Å². The van der Waals surface area contributed by atoms with E-state index in [4.69, 9.17) is 4.74 Å². The van der Waals surface area contributed by atoms with Gasteiger partial charge in [-0.15, -0.1) is 0 Å². The van der Waals surface area contributed by atoms with Gasteiger partial charge in [-0.2, -0.15) is 0 Å². The summed E-state index contributed by atoms with van der Waals surface area (Å²) in [5.74, 6) is 0.977. The summed E-state index contributed by atoms with van der Waals surface area (Å²) in [4.78, 5) is 23.9. The maximum atomic E-state index is 12.1. The van der Waals surface area contributed by atoms with Crippen molar-refractivity contribution in [2.45, 2.75) is 32.1 Å². The van der Waals surface area contributed by atoms with E-state index in [1.165, 1.54) is 0 Å². The number of carbonyl (C=O) groups excluding carboxylic acids is 2. The van der Waals surface area contributed by atoms with Gasteiger partial charge in [0.05, 0.1) is 7.11 Å². The van der Waals surface area contributed by atoms with Crippen LogP contribution in [-0.4, -0.2) is 30.5 Å². The lowest BCUT2D eigenvalue weighted by atomic mass is 10.1. The summed E-state index contributed by atoms with van der Waals surface area (Å²) in [6.07, 6.45) is 2.92. The lowest BCUT2D eigenvalue weighted by Gasteiger charge is -2.06. The van der Waals surface area contributed by atoms with Crippen LogP contribution in [0, 0.1) is 0 Å². The number of ether oxygens (including phenoxy) is 1. The minimum absolute atomic E-state index is 0.0294. The summed E-state index contributed by atoms with van der Waals surface area (Å²) in [7, 11) is 1.58. The van der Waals surface area contributed by atoms with Crippen molar-refractivity contribution in [3.8, 4) is 11.5 Å². The van der Waals surface area contributed by atoms with Gasteiger partial charge in [-0.05, 0) is 61.2 Å². The highest BCUT2D eigenvalue weighted by molar-refractivity contribution is 5.96. The molecule has 0 saturated carbocycles. The molecule has 5 nitrogen and oxygen atoms in total. The van der Waals surface area contributed by atoms with Crippen molar-refractivity contribution in [1.82, 2.24) is 5.32 Å². The molecule has 0 atom stereocenters. The molecule has 26 heavy (non-hydrogen) atoms. The van der Waals surface area contributed by atoms with Gasteiger partial charge in [-0.3, -0.25) is 9.59 Å². The Bertz CT molecular complexity index is 708. The van der Waals surface area contributed by atoms with Crippen molar-refractivity contribution in [2.75, 3.05) is 13.7 Å². The van der Waals surface area contributed by atoms with Crippen molar-refractivity contribution in [3.05, 3.63) is 59.7 Å². The highest BCUT2D eigenvalue weighted by Gasteiger charge is 2.08. The van der Waals surface area contributed by atoms with Crippen molar-refractivity contribution in [2.24, 2.45) is 0 Å². The average Bonchev–Trinajstić information content (AvgIpc) is 2.66. The van der Waals surface area contributed by atoms with Crippen LogP contribution in [0.1, 0.15) is 41.6 Å². The topological polar surface area (TPSA) is 75.6 Å². The predicted molar refractivity (Wildman–Crippen MR) is 101 cm³/mol. The van der Waals surface area contributed by atoms with E-state index in [9.17, 15) is 14.7 Å². The average molecular weight is 355 g/mol. The number of hydrogen-bond acceptors (Lipinski definition) is 4.